The number of halogens is 3. The fourth-order valence-electron chi connectivity index (χ4n) is 2.09. The normalized spacial score (nSPS) is 11.6. The molecule has 1 rings (SSSR count). The van der Waals surface area contributed by atoms with E-state index in [0.717, 1.165) is 31.4 Å². The molecule has 0 aliphatic heterocycles. The second-order valence-electron chi connectivity index (χ2n) is 6.01. The van der Waals surface area contributed by atoms with E-state index in [0.29, 0.717) is 18.4 Å². The van der Waals surface area contributed by atoms with Crippen molar-refractivity contribution in [2.24, 2.45) is 10.9 Å². The number of benzene rings is 1. The summed E-state index contributed by atoms with van der Waals surface area (Å²) >= 11 is 0. The molecule has 1 aromatic rings. The highest BCUT2D eigenvalue weighted by atomic mass is 19.2. The number of rotatable bonds is 8. The summed E-state index contributed by atoms with van der Waals surface area (Å²) in [6, 6.07) is 1.71. The van der Waals surface area contributed by atoms with Gasteiger partial charge in [0.25, 0.3) is 0 Å². The molecule has 0 saturated carbocycles. The van der Waals surface area contributed by atoms with Gasteiger partial charge < -0.3 is 16.0 Å². The smallest absolute Gasteiger partial charge is 0.243 e. The fourth-order valence-corrected chi connectivity index (χ4v) is 2.09. The summed E-state index contributed by atoms with van der Waals surface area (Å²) in [6.45, 7) is 4.86. The van der Waals surface area contributed by atoms with Crippen molar-refractivity contribution in [3.63, 3.8) is 0 Å². The molecule has 0 spiro atoms. The Kier molecular flexibility index (Phi) is 8.80. The highest BCUT2D eigenvalue weighted by molar-refractivity contribution is 5.95. The summed E-state index contributed by atoms with van der Waals surface area (Å²) in [6.07, 6.45) is 3.22. The van der Waals surface area contributed by atoms with Gasteiger partial charge in [-0.2, -0.15) is 0 Å². The van der Waals surface area contributed by atoms with E-state index in [1.165, 1.54) is 0 Å². The van der Waals surface area contributed by atoms with Crippen LogP contribution in [0.25, 0.3) is 0 Å². The Hall–Kier alpha value is -2.25. The maximum Gasteiger partial charge on any atom is 0.243 e. The lowest BCUT2D eigenvalue weighted by molar-refractivity contribution is -0.115. The second kappa shape index (κ2) is 10.6. The van der Waals surface area contributed by atoms with Crippen LogP contribution >= 0.6 is 0 Å². The quantitative estimate of drug-likeness (QED) is 0.290. The Bertz CT molecular complexity index is 606. The number of hydrogen-bond donors (Lipinski definition) is 3. The van der Waals surface area contributed by atoms with Crippen molar-refractivity contribution in [3.8, 4) is 0 Å². The Labute approximate surface area is 146 Å². The molecule has 0 aromatic heterocycles. The third-order valence-corrected chi connectivity index (χ3v) is 3.45. The highest BCUT2D eigenvalue weighted by Crippen LogP contribution is 2.19. The summed E-state index contributed by atoms with van der Waals surface area (Å²) in [5.41, 5.74) is -0.415. The van der Waals surface area contributed by atoms with Crippen LogP contribution in [-0.4, -0.2) is 32.0 Å². The van der Waals surface area contributed by atoms with E-state index in [2.05, 4.69) is 34.8 Å². The Balaban J connectivity index is 2.38. The second-order valence-corrected chi connectivity index (χ2v) is 6.01. The van der Waals surface area contributed by atoms with E-state index in [1.807, 2.05) is 0 Å². The number of anilines is 1. The third kappa shape index (κ3) is 7.45. The van der Waals surface area contributed by atoms with Crippen molar-refractivity contribution in [2.75, 3.05) is 25.5 Å². The Morgan fingerprint density at radius 1 is 1.12 bits per heavy atom. The molecule has 0 fully saturated rings. The number of nitrogens with zero attached hydrogens (tertiary/aromatic N) is 1. The van der Waals surface area contributed by atoms with Crippen LogP contribution in [0.1, 0.15) is 33.1 Å². The first kappa shape index (κ1) is 20.8. The van der Waals surface area contributed by atoms with Gasteiger partial charge in [-0.25, -0.2) is 13.2 Å². The van der Waals surface area contributed by atoms with Crippen molar-refractivity contribution in [2.45, 2.75) is 33.1 Å². The van der Waals surface area contributed by atoms with Gasteiger partial charge in [-0.3, -0.25) is 9.79 Å². The molecule has 0 aliphatic carbocycles. The standard InChI is InChI=1S/C17H25F3N4O/c1-11(2)6-4-5-9-22-17(21-3)23-10-14(25)24-13-8-7-12(18)15(19)16(13)20/h7-8,11H,4-6,9-10H2,1-3H3,(H,24,25)(H2,21,22,23). The molecule has 0 aliphatic rings. The lowest BCUT2D eigenvalue weighted by Crippen LogP contribution is -2.41. The van der Waals surface area contributed by atoms with Gasteiger partial charge in [-0.1, -0.05) is 26.7 Å². The zero-order chi connectivity index (χ0) is 18.8. The van der Waals surface area contributed by atoms with Crippen molar-refractivity contribution >= 4 is 17.6 Å². The number of guanidine groups is 1. The van der Waals surface area contributed by atoms with Crippen LogP contribution < -0.4 is 16.0 Å². The maximum absolute atomic E-state index is 13.5. The SMILES string of the molecule is CN=C(NCCCCC(C)C)NCC(=O)Nc1ccc(F)c(F)c1F. The molecular formula is C17H25F3N4O. The van der Waals surface area contributed by atoms with E-state index >= 15 is 0 Å². The van der Waals surface area contributed by atoms with Crippen LogP contribution in [0.5, 0.6) is 0 Å². The summed E-state index contributed by atoms with van der Waals surface area (Å²) in [5.74, 6) is -3.86. The summed E-state index contributed by atoms with van der Waals surface area (Å²) in [5, 5.41) is 8.02. The largest absolute Gasteiger partial charge is 0.356 e. The van der Waals surface area contributed by atoms with Crippen molar-refractivity contribution in [3.05, 3.63) is 29.6 Å². The van der Waals surface area contributed by atoms with Gasteiger partial charge in [0.2, 0.25) is 5.91 Å². The molecule has 1 amide bonds. The van der Waals surface area contributed by atoms with Crippen LogP contribution in [0.3, 0.4) is 0 Å². The highest BCUT2D eigenvalue weighted by Gasteiger charge is 2.15. The van der Waals surface area contributed by atoms with E-state index in [9.17, 15) is 18.0 Å². The molecule has 8 heteroatoms. The zero-order valence-electron chi connectivity index (χ0n) is 14.8. The summed E-state index contributed by atoms with van der Waals surface area (Å²) in [7, 11) is 1.57. The molecule has 1 aromatic carbocycles. The van der Waals surface area contributed by atoms with Crippen LogP contribution in [0.15, 0.2) is 17.1 Å². The minimum atomic E-state index is -1.62. The van der Waals surface area contributed by atoms with E-state index in [1.54, 1.807) is 7.05 Å². The average Bonchev–Trinajstić information content (AvgIpc) is 2.57. The zero-order valence-corrected chi connectivity index (χ0v) is 14.8. The summed E-state index contributed by atoms with van der Waals surface area (Å²) < 4.78 is 39.5. The molecular weight excluding hydrogens is 333 g/mol. The lowest BCUT2D eigenvalue weighted by atomic mass is 10.1. The first-order chi connectivity index (χ1) is 11.8. The summed E-state index contributed by atoms with van der Waals surface area (Å²) in [4.78, 5) is 15.8. The predicted molar refractivity (Wildman–Crippen MR) is 93.0 cm³/mol. The van der Waals surface area contributed by atoms with Crippen molar-refractivity contribution in [1.29, 1.82) is 0 Å². The molecule has 25 heavy (non-hydrogen) atoms. The van der Waals surface area contributed by atoms with Crippen LogP contribution in [-0.2, 0) is 4.79 Å². The molecule has 5 nitrogen and oxygen atoms in total. The Morgan fingerprint density at radius 2 is 1.84 bits per heavy atom. The average molecular weight is 358 g/mol. The Morgan fingerprint density at radius 3 is 2.48 bits per heavy atom. The topological polar surface area (TPSA) is 65.5 Å². The van der Waals surface area contributed by atoms with E-state index < -0.39 is 29.0 Å². The first-order valence-corrected chi connectivity index (χ1v) is 8.23. The molecule has 0 atom stereocenters. The van der Waals surface area contributed by atoms with E-state index in [-0.39, 0.29) is 6.54 Å². The predicted octanol–water partition coefficient (Wildman–Crippen LogP) is 3.03. The molecule has 0 radical (unpaired) electrons. The van der Waals surface area contributed by atoms with Gasteiger partial charge in [-0.15, -0.1) is 0 Å². The van der Waals surface area contributed by atoms with Crippen molar-refractivity contribution < 1.29 is 18.0 Å². The number of nitrogens with one attached hydrogen (secondary N) is 3. The van der Waals surface area contributed by atoms with Gasteiger partial charge in [0.05, 0.1) is 12.2 Å². The molecule has 3 N–H and O–H groups in total. The number of unbranched alkanes of at least 4 members (excludes halogenated alkanes) is 1. The number of hydrogen-bond acceptors (Lipinski definition) is 2. The number of carbonyl (C=O) groups excluding carboxylic acids is 1. The maximum atomic E-state index is 13.5. The molecule has 0 saturated heterocycles. The van der Waals surface area contributed by atoms with Crippen molar-refractivity contribution in [1.82, 2.24) is 10.6 Å². The molecule has 0 unspecified atom stereocenters. The monoisotopic (exact) mass is 358 g/mol. The molecule has 0 heterocycles. The molecule has 140 valence electrons. The van der Waals surface area contributed by atoms with Crippen LogP contribution in [0.4, 0.5) is 18.9 Å². The van der Waals surface area contributed by atoms with Gasteiger partial charge in [0, 0.05) is 13.6 Å². The van der Waals surface area contributed by atoms with Crippen LogP contribution in [0, 0.1) is 23.4 Å². The van der Waals surface area contributed by atoms with E-state index in [4.69, 9.17) is 0 Å². The van der Waals surface area contributed by atoms with Crippen LogP contribution in [0.2, 0.25) is 0 Å². The van der Waals surface area contributed by atoms with Gasteiger partial charge in [-0.05, 0) is 24.5 Å². The van der Waals surface area contributed by atoms with Gasteiger partial charge in [0.15, 0.2) is 23.4 Å². The number of amides is 1. The third-order valence-electron chi connectivity index (χ3n) is 3.45. The number of carbonyl (C=O) groups is 1. The van der Waals surface area contributed by atoms with Gasteiger partial charge in [0.1, 0.15) is 0 Å². The molecule has 0 bridgehead atoms. The first-order valence-electron chi connectivity index (χ1n) is 8.23. The number of aliphatic imine (C=N–C) groups is 1. The minimum absolute atomic E-state index is 0.190. The van der Waals surface area contributed by atoms with Gasteiger partial charge >= 0.3 is 0 Å². The minimum Gasteiger partial charge on any atom is -0.356 e. The lowest BCUT2D eigenvalue weighted by Gasteiger charge is -2.12. The fraction of sp³-hybridized carbons (Fsp3) is 0.529.